The molecule has 0 radical (unpaired) electrons. The Balaban J connectivity index is 1.33. The molecule has 3 aliphatic rings. The van der Waals surface area contributed by atoms with Gasteiger partial charge in [-0.05, 0) is 67.5 Å². The number of ether oxygens (including phenoxy) is 2. The fourth-order valence-corrected chi connectivity index (χ4v) is 8.40. The third kappa shape index (κ3) is 6.77. The number of aliphatic hydroxyl groups is 1. The van der Waals surface area contributed by atoms with Gasteiger partial charge in [-0.15, -0.1) is 13.2 Å². The van der Waals surface area contributed by atoms with Crippen LogP contribution in [0.1, 0.15) is 57.1 Å². The number of carbonyl (C=O) groups excluding carboxylic acids is 4. The SMILES string of the molecule is C=CCCC(=O)N(C)[C@H](C)[C@H](OC(=O)[C@@H]1[C@@H]2CC[C@]3(O2)[C@H](C(=O)N(CC=C)c2ccc4ccccc4c2)N(CCCCO)C(=O)[C@@H]13)c1ccccc1. The zero-order valence-corrected chi connectivity index (χ0v) is 30.1. The third-order valence-electron chi connectivity index (χ3n) is 11.1. The van der Waals surface area contributed by atoms with Gasteiger partial charge in [-0.25, -0.2) is 0 Å². The molecule has 52 heavy (non-hydrogen) atoms. The molecule has 3 aromatic carbocycles. The van der Waals surface area contributed by atoms with Crippen LogP contribution in [0.5, 0.6) is 0 Å². The second-order valence-corrected chi connectivity index (χ2v) is 14.1. The Morgan fingerprint density at radius 2 is 1.77 bits per heavy atom. The third-order valence-corrected chi connectivity index (χ3v) is 11.1. The molecule has 3 aromatic rings. The molecule has 0 unspecified atom stereocenters. The molecule has 274 valence electrons. The van der Waals surface area contributed by atoms with Crippen molar-refractivity contribution in [3.63, 3.8) is 0 Å². The summed E-state index contributed by atoms with van der Waals surface area (Å²) in [5.41, 5.74) is 0.155. The number of esters is 1. The molecule has 6 rings (SSSR count). The lowest BCUT2D eigenvalue weighted by Gasteiger charge is -2.37. The summed E-state index contributed by atoms with van der Waals surface area (Å²) in [6.07, 6.45) is 4.59. The van der Waals surface area contributed by atoms with Crippen molar-refractivity contribution in [1.82, 2.24) is 9.80 Å². The van der Waals surface area contributed by atoms with E-state index in [9.17, 15) is 24.3 Å². The van der Waals surface area contributed by atoms with E-state index < -0.39 is 47.7 Å². The topological polar surface area (TPSA) is 117 Å². The van der Waals surface area contributed by atoms with Crippen molar-refractivity contribution < 1.29 is 33.8 Å². The highest BCUT2D eigenvalue weighted by atomic mass is 16.6. The summed E-state index contributed by atoms with van der Waals surface area (Å²) in [6, 6.07) is 21.5. The Hall–Kier alpha value is -4.80. The van der Waals surface area contributed by atoms with Gasteiger partial charge in [-0.2, -0.15) is 0 Å². The molecular formula is C42H49N3O7. The number of likely N-dealkylation sites (tertiary alicyclic amines) is 1. The molecule has 0 aliphatic carbocycles. The van der Waals surface area contributed by atoms with Crippen molar-refractivity contribution in [1.29, 1.82) is 0 Å². The number of anilines is 1. The predicted molar refractivity (Wildman–Crippen MR) is 199 cm³/mol. The number of hydrogen-bond donors (Lipinski definition) is 1. The molecule has 1 N–H and O–H groups in total. The van der Waals surface area contributed by atoms with Crippen molar-refractivity contribution in [2.24, 2.45) is 11.8 Å². The highest BCUT2D eigenvalue weighted by Gasteiger charge is 2.75. The first-order valence-corrected chi connectivity index (χ1v) is 18.3. The number of nitrogens with zero attached hydrogens (tertiary/aromatic N) is 3. The Bertz CT molecular complexity index is 1810. The average Bonchev–Trinajstić information content (AvgIpc) is 3.81. The highest BCUT2D eigenvalue weighted by molar-refractivity contribution is 6.05. The van der Waals surface area contributed by atoms with Gasteiger partial charge in [0.05, 0.1) is 24.0 Å². The van der Waals surface area contributed by atoms with Crippen LogP contribution >= 0.6 is 0 Å². The second kappa shape index (κ2) is 15.8. The molecule has 1 spiro atoms. The first-order chi connectivity index (χ1) is 25.2. The number of aliphatic hydroxyl groups excluding tert-OH is 1. The van der Waals surface area contributed by atoms with Gasteiger partial charge < -0.3 is 29.3 Å². The number of benzene rings is 3. The van der Waals surface area contributed by atoms with E-state index in [1.165, 1.54) is 0 Å². The van der Waals surface area contributed by atoms with E-state index in [4.69, 9.17) is 9.47 Å². The van der Waals surface area contributed by atoms with Crippen LogP contribution in [0, 0.1) is 11.8 Å². The monoisotopic (exact) mass is 707 g/mol. The highest BCUT2D eigenvalue weighted by Crippen LogP contribution is 2.59. The summed E-state index contributed by atoms with van der Waals surface area (Å²) in [6.45, 7) is 9.86. The minimum atomic E-state index is -1.23. The van der Waals surface area contributed by atoms with Crippen LogP contribution < -0.4 is 4.90 Å². The quantitative estimate of drug-likeness (QED) is 0.117. The number of unbranched alkanes of at least 4 members (excludes halogenated alkanes) is 1. The zero-order valence-electron chi connectivity index (χ0n) is 30.1. The molecule has 2 bridgehead atoms. The number of fused-ring (bicyclic) bond motifs is 2. The normalized spacial score (nSPS) is 24.3. The summed E-state index contributed by atoms with van der Waals surface area (Å²) < 4.78 is 13.1. The van der Waals surface area contributed by atoms with E-state index >= 15 is 0 Å². The van der Waals surface area contributed by atoms with E-state index in [2.05, 4.69) is 13.2 Å². The van der Waals surface area contributed by atoms with Crippen molar-refractivity contribution in [2.45, 2.75) is 75.3 Å². The molecule has 3 saturated heterocycles. The average molecular weight is 708 g/mol. The van der Waals surface area contributed by atoms with Gasteiger partial charge in [0.25, 0.3) is 5.91 Å². The van der Waals surface area contributed by atoms with Crippen molar-refractivity contribution in [2.75, 3.05) is 31.6 Å². The van der Waals surface area contributed by atoms with Crippen molar-refractivity contribution in [3.8, 4) is 0 Å². The summed E-state index contributed by atoms with van der Waals surface area (Å²) >= 11 is 0. The number of allylic oxidation sites excluding steroid dienone is 1. The van der Waals surface area contributed by atoms with Crippen LogP contribution in [-0.4, -0.2) is 89.1 Å². The lowest BCUT2D eigenvalue weighted by atomic mass is 9.70. The van der Waals surface area contributed by atoms with E-state index in [1.807, 2.05) is 79.7 Å². The number of amides is 3. The summed E-state index contributed by atoms with van der Waals surface area (Å²) in [5.74, 6) is -3.18. The Morgan fingerprint density at radius 3 is 2.48 bits per heavy atom. The summed E-state index contributed by atoms with van der Waals surface area (Å²) in [7, 11) is 1.70. The molecular weight excluding hydrogens is 658 g/mol. The van der Waals surface area contributed by atoms with Crippen LogP contribution in [-0.2, 0) is 28.7 Å². The molecule has 0 saturated carbocycles. The standard InChI is InChI=1S/C42H49N3O7/c1-5-7-19-34(47)43(4)28(3)37(30-16-9-8-10-17-30)51-41(50)35-33-22-23-42(52-33)36(35)39(48)45(25-13-14-26-46)38(42)40(49)44(24-6-2)32-21-20-29-15-11-12-18-31(29)27-32/h5-6,8-12,15-18,20-21,27-28,33,35-38,46H,1-2,7,13-14,19,22-26H2,3-4H3/t28-,33+,35-,36-,37+,38+,42-/m1/s1. The first-order valence-electron chi connectivity index (χ1n) is 18.3. The maximum absolute atomic E-state index is 14.9. The fourth-order valence-electron chi connectivity index (χ4n) is 8.40. The summed E-state index contributed by atoms with van der Waals surface area (Å²) in [4.78, 5) is 61.8. The minimum Gasteiger partial charge on any atom is -0.455 e. The number of carbonyl (C=O) groups is 4. The first kappa shape index (κ1) is 37.0. The molecule has 3 amide bonds. The lowest BCUT2D eigenvalue weighted by Crippen LogP contribution is -2.56. The fraction of sp³-hybridized carbons (Fsp3) is 0.429. The lowest BCUT2D eigenvalue weighted by molar-refractivity contribution is -0.164. The smallest absolute Gasteiger partial charge is 0.313 e. The van der Waals surface area contributed by atoms with Gasteiger partial charge in [0.1, 0.15) is 17.7 Å². The van der Waals surface area contributed by atoms with Gasteiger partial charge in [0, 0.05) is 38.9 Å². The van der Waals surface area contributed by atoms with Gasteiger partial charge in [-0.1, -0.05) is 72.8 Å². The van der Waals surface area contributed by atoms with E-state index in [1.54, 1.807) is 33.9 Å². The Labute approximate surface area is 305 Å². The number of likely N-dealkylation sites (N-methyl/N-ethyl adjacent to an activating group) is 1. The van der Waals surface area contributed by atoms with Gasteiger partial charge in [-0.3, -0.25) is 19.2 Å². The second-order valence-electron chi connectivity index (χ2n) is 14.1. The Morgan fingerprint density at radius 1 is 1.04 bits per heavy atom. The van der Waals surface area contributed by atoms with Gasteiger partial charge in [0.15, 0.2) is 0 Å². The molecule has 10 heteroatoms. The van der Waals surface area contributed by atoms with Crippen LogP contribution in [0.15, 0.2) is 98.1 Å². The van der Waals surface area contributed by atoms with Crippen LogP contribution in [0.2, 0.25) is 0 Å². The van der Waals surface area contributed by atoms with Crippen molar-refractivity contribution in [3.05, 3.63) is 104 Å². The van der Waals surface area contributed by atoms with Gasteiger partial charge >= 0.3 is 5.97 Å². The zero-order chi connectivity index (χ0) is 37.0. The molecule has 3 aliphatic heterocycles. The maximum Gasteiger partial charge on any atom is 0.313 e. The number of hydrogen-bond acceptors (Lipinski definition) is 7. The van der Waals surface area contributed by atoms with Crippen LogP contribution in [0.25, 0.3) is 10.8 Å². The van der Waals surface area contributed by atoms with Crippen LogP contribution in [0.3, 0.4) is 0 Å². The predicted octanol–water partition coefficient (Wildman–Crippen LogP) is 5.60. The maximum atomic E-state index is 14.9. The molecule has 3 fully saturated rings. The molecule has 3 heterocycles. The minimum absolute atomic E-state index is 0.0496. The molecule has 10 nitrogen and oxygen atoms in total. The van der Waals surface area contributed by atoms with Gasteiger partial charge in [0.2, 0.25) is 11.8 Å². The molecule has 7 atom stereocenters. The van der Waals surface area contributed by atoms with Crippen molar-refractivity contribution >= 4 is 40.2 Å². The van der Waals surface area contributed by atoms with E-state index in [-0.39, 0.29) is 43.8 Å². The summed E-state index contributed by atoms with van der Waals surface area (Å²) in [5, 5.41) is 11.6. The van der Waals surface area contributed by atoms with Crippen LogP contribution in [0.4, 0.5) is 5.69 Å². The number of rotatable bonds is 16. The van der Waals surface area contributed by atoms with E-state index in [0.717, 1.165) is 16.3 Å². The van der Waals surface area contributed by atoms with E-state index in [0.29, 0.717) is 37.8 Å². The largest absolute Gasteiger partial charge is 0.455 e. The molecule has 0 aromatic heterocycles. The Kier molecular flexibility index (Phi) is 11.3.